The van der Waals surface area contributed by atoms with Gasteiger partial charge in [-0.1, -0.05) is 26.7 Å². The van der Waals surface area contributed by atoms with Crippen molar-refractivity contribution in [2.45, 2.75) is 52.4 Å². The van der Waals surface area contributed by atoms with Gasteiger partial charge in [0.2, 0.25) is 5.95 Å². The largest absolute Gasteiger partial charge is 0.354 e. The Balaban J connectivity index is 2.05. The molecule has 0 spiro atoms. The molecule has 0 aromatic carbocycles. The predicted octanol–water partition coefficient (Wildman–Crippen LogP) is 3.84. The van der Waals surface area contributed by atoms with Crippen LogP contribution in [0.15, 0.2) is 6.20 Å². The highest BCUT2D eigenvalue weighted by Crippen LogP contribution is 2.26. The molecule has 1 saturated heterocycles. The lowest BCUT2D eigenvalue weighted by Gasteiger charge is -2.22. The van der Waals surface area contributed by atoms with Gasteiger partial charge in [0.1, 0.15) is 0 Å². The minimum atomic E-state index is -0.314. The number of hydrogen-bond acceptors (Lipinski definition) is 4. The van der Waals surface area contributed by atoms with Crippen LogP contribution in [-0.2, 0) is 0 Å². The molecule has 0 radical (unpaired) electrons. The molecule has 1 aliphatic rings. The fourth-order valence-corrected chi connectivity index (χ4v) is 2.98. The van der Waals surface area contributed by atoms with Crippen LogP contribution in [0.4, 0.5) is 16.2 Å². The quantitative estimate of drug-likeness (QED) is 0.865. The number of nitrogens with zero attached hydrogens (tertiary/aromatic N) is 3. The molecule has 1 aromatic rings. The Morgan fingerprint density at radius 3 is 2.90 bits per heavy atom. The summed E-state index contributed by atoms with van der Waals surface area (Å²) >= 11 is 0. The second kappa shape index (κ2) is 8.15. The van der Waals surface area contributed by atoms with Crippen molar-refractivity contribution in [3.8, 4) is 0 Å². The molecule has 4 nitrogen and oxygen atoms in total. The number of rotatable bonds is 6. The first-order chi connectivity index (χ1) is 10.2. The fraction of sp³-hybridized carbons (Fsp3) is 0.750. The molecule has 1 atom stereocenters. The summed E-state index contributed by atoms with van der Waals surface area (Å²) in [6.07, 6.45) is 8.30. The molecule has 118 valence electrons. The van der Waals surface area contributed by atoms with Crippen molar-refractivity contribution in [1.82, 2.24) is 9.97 Å². The number of anilines is 2. The number of hydrogen-bond donors (Lipinski definition) is 1. The highest BCUT2D eigenvalue weighted by molar-refractivity contribution is 5.44. The molecule has 0 bridgehead atoms. The number of halogens is 1. The van der Waals surface area contributed by atoms with Crippen molar-refractivity contribution in [2.75, 3.05) is 29.9 Å². The third-order valence-electron chi connectivity index (χ3n) is 4.10. The van der Waals surface area contributed by atoms with Crippen LogP contribution in [0.3, 0.4) is 0 Å². The molecule has 0 amide bonds. The van der Waals surface area contributed by atoms with Crippen LogP contribution < -0.4 is 10.2 Å². The Morgan fingerprint density at radius 2 is 2.14 bits per heavy atom. The molecular weight excluding hydrogens is 267 g/mol. The van der Waals surface area contributed by atoms with E-state index in [1.165, 1.54) is 25.5 Å². The van der Waals surface area contributed by atoms with E-state index in [1.807, 2.05) is 0 Å². The summed E-state index contributed by atoms with van der Waals surface area (Å²) in [6.45, 7) is 6.91. The Bertz CT molecular complexity index is 438. The third kappa shape index (κ3) is 4.55. The van der Waals surface area contributed by atoms with Gasteiger partial charge in [-0.2, -0.15) is 4.98 Å². The van der Waals surface area contributed by atoms with Gasteiger partial charge in [0.25, 0.3) is 0 Å². The van der Waals surface area contributed by atoms with Crippen LogP contribution in [0, 0.1) is 11.7 Å². The average Bonchev–Trinajstić information content (AvgIpc) is 2.72. The smallest absolute Gasteiger partial charge is 0.224 e. The summed E-state index contributed by atoms with van der Waals surface area (Å²) in [4.78, 5) is 10.5. The van der Waals surface area contributed by atoms with Gasteiger partial charge in [-0.25, -0.2) is 9.37 Å². The summed E-state index contributed by atoms with van der Waals surface area (Å²) in [5, 5.41) is 3.13. The third-order valence-corrected chi connectivity index (χ3v) is 4.10. The van der Waals surface area contributed by atoms with E-state index in [-0.39, 0.29) is 5.82 Å². The van der Waals surface area contributed by atoms with Gasteiger partial charge in [0.15, 0.2) is 11.6 Å². The van der Waals surface area contributed by atoms with Gasteiger partial charge in [-0.15, -0.1) is 0 Å². The topological polar surface area (TPSA) is 41.1 Å². The molecule has 1 fully saturated rings. The Kier molecular flexibility index (Phi) is 6.21. The van der Waals surface area contributed by atoms with Crippen molar-refractivity contribution >= 4 is 11.8 Å². The first-order valence-corrected chi connectivity index (χ1v) is 8.26. The van der Waals surface area contributed by atoms with Gasteiger partial charge < -0.3 is 10.2 Å². The van der Waals surface area contributed by atoms with Crippen molar-refractivity contribution in [3.63, 3.8) is 0 Å². The summed E-state index contributed by atoms with van der Waals surface area (Å²) < 4.78 is 14.1. The molecule has 5 heteroatoms. The fourth-order valence-electron chi connectivity index (χ4n) is 2.98. The van der Waals surface area contributed by atoms with E-state index in [0.717, 1.165) is 44.8 Å². The van der Waals surface area contributed by atoms with Crippen LogP contribution in [-0.4, -0.2) is 29.6 Å². The van der Waals surface area contributed by atoms with Crippen LogP contribution in [0.25, 0.3) is 0 Å². The molecule has 2 rings (SSSR count). The maximum absolute atomic E-state index is 14.1. The van der Waals surface area contributed by atoms with Crippen LogP contribution in [0.5, 0.6) is 0 Å². The minimum absolute atomic E-state index is 0.314. The van der Waals surface area contributed by atoms with Gasteiger partial charge in [-0.3, -0.25) is 0 Å². The van der Waals surface area contributed by atoms with Crippen molar-refractivity contribution in [1.29, 1.82) is 0 Å². The summed E-state index contributed by atoms with van der Waals surface area (Å²) in [7, 11) is 0. The van der Waals surface area contributed by atoms with E-state index in [1.54, 1.807) is 0 Å². The molecule has 1 unspecified atom stereocenters. The average molecular weight is 294 g/mol. The Morgan fingerprint density at radius 1 is 1.29 bits per heavy atom. The molecule has 0 saturated carbocycles. The maximum Gasteiger partial charge on any atom is 0.224 e. The van der Waals surface area contributed by atoms with Crippen LogP contribution in [0.2, 0.25) is 0 Å². The normalized spacial score (nSPS) is 19.4. The standard InChI is InChI=1S/C16H27FN4/c1-3-6-13-7-5-10-21(11-8-13)15-14(17)12-19-16(20-15)18-9-4-2/h12-13H,3-11H2,1-2H3,(H,18,19,20). The monoisotopic (exact) mass is 294 g/mol. The summed E-state index contributed by atoms with van der Waals surface area (Å²) in [5.74, 6) is 1.46. The minimum Gasteiger partial charge on any atom is -0.354 e. The molecule has 1 aliphatic heterocycles. The Labute approximate surface area is 127 Å². The van der Waals surface area contributed by atoms with E-state index in [2.05, 4.69) is 34.0 Å². The van der Waals surface area contributed by atoms with Gasteiger partial charge in [0.05, 0.1) is 6.20 Å². The second-order valence-corrected chi connectivity index (χ2v) is 5.86. The highest BCUT2D eigenvalue weighted by atomic mass is 19.1. The Hall–Kier alpha value is -1.39. The first-order valence-electron chi connectivity index (χ1n) is 8.26. The van der Waals surface area contributed by atoms with Crippen molar-refractivity contribution in [3.05, 3.63) is 12.0 Å². The lowest BCUT2D eigenvalue weighted by molar-refractivity contribution is 0.435. The lowest BCUT2D eigenvalue weighted by Crippen LogP contribution is -2.27. The number of nitrogens with one attached hydrogen (secondary N) is 1. The van der Waals surface area contributed by atoms with Crippen LogP contribution >= 0.6 is 0 Å². The molecule has 1 N–H and O–H groups in total. The molecule has 0 aliphatic carbocycles. The molecular formula is C16H27FN4. The summed E-state index contributed by atoms with van der Waals surface area (Å²) in [5.41, 5.74) is 0. The zero-order chi connectivity index (χ0) is 15.1. The van der Waals surface area contributed by atoms with Gasteiger partial charge in [-0.05, 0) is 31.6 Å². The van der Waals surface area contributed by atoms with Crippen molar-refractivity contribution in [2.24, 2.45) is 5.92 Å². The first kappa shape index (κ1) is 16.0. The second-order valence-electron chi connectivity index (χ2n) is 5.86. The zero-order valence-electron chi connectivity index (χ0n) is 13.2. The molecule has 21 heavy (non-hydrogen) atoms. The van der Waals surface area contributed by atoms with E-state index in [9.17, 15) is 4.39 Å². The summed E-state index contributed by atoms with van der Waals surface area (Å²) in [6, 6.07) is 0. The van der Waals surface area contributed by atoms with E-state index in [0.29, 0.717) is 11.8 Å². The molecule has 1 aromatic heterocycles. The zero-order valence-corrected chi connectivity index (χ0v) is 13.2. The van der Waals surface area contributed by atoms with Gasteiger partial charge >= 0.3 is 0 Å². The maximum atomic E-state index is 14.1. The van der Waals surface area contributed by atoms with E-state index >= 15 is 0 Å². The predicted molar refractivity (Wildman–Crippen MR) is 85.2 cm³/mol. The van der Waals surface area contributed by atoms with Gasteiger partial charge in [0, 0.05) is 19.6 Å². The van der Waals surface area contributed by atoms with Crippen molar-refractivity contribution < 1.29 is 4.39 Å². The van der Waals surface area contributed by atoms with Crippen LogP contribution in [0.1, 0.15) is 52.4 Å². The lowest BCUT2D eigenvalue weighted by atomic mass is 9.96. The molecule has 2 heterocycles. The highest BCUT2D eigenvalue weighted by Gasteiger charge is 2.20. The van der Waals surface area contributed by atoms with E-state index < -0.39 is 0 Å². The van der Waals surface area contributed by atoms with E-state index in [4.69, 9.17) is 0 Å². The SMILES string of the molecule is CCCNc1ncc(F)c(N2CCCC(CCC)CC2)n1. The number of aromatic nitrogens is 2.